The van der Waals surface area contributed by atoms with E-state index in [9.17, 15) is 34.7 Å². The Morgan fingerprint density at radius 3 is 2.27 bits per heavy atom. The summed E-state index contributed by atoms with van der Waals surface area (Å²) in [7, 11) is 0. The normalized spacial score (nSPS) is 19.3. The zero-order chi connectivity index (χ0) is 38.1. The van der Waals surface area contributed by atoms with Crippen LogP contribution in [0.4, 0.5) is 0 Å². The van der Waals surface area contributed by atoms with E-state index in [2.05, 4.69) is 9.68 Å². The molecule has 52 heavy (non-hydrogen) atoms. The predicted molar refractivity (Wildman–Crippen MR) is 189 cm³/mol. The second kappa shape index (κ2) is 26.1. The molecule has 0 heterocycles. The van der Waals surface area contributed by atoms with Crippen LogP contribution in [0.1, 0.15) is 102 Å². The quantitative estimate of drug-likeness (QED) is 0.0299. The number of aliphatic hydroxyl groups is 2. The van der Waals surface area contributed by atoms with Crippen LogP contribution in [0.15, 0.2) is 54.6 Å². The lowest BCUT2D eigenvalue weighted by Gasteiger charge is -2.21. The molecular weight excluding hydrogens is 678 g/mol. The summed E-state index contributed by atoms with van der Waals surface area (Å²) in [5.74, 6) is -1.45. The van der Waals surface area contributed by atoms with E-state index in [-0.39, 0.29) is 80.5 Å². The van der Waals surface area contributed by atoms with Crippen LogP contribution in [0.25, 0.3) is 0 Å². The van der Waals surface area contributed by atoms with Crippen LogP contribution in [-0.2, 0) is 35.2 Å². The topological polar surface area (TPSA) is 209 Å². The standard InChI is InChI=1S/C37H57N3O12/c1-2-38(36(44)20-12-6-14-26-50-39(46)47)35(43)19-11-4-3-10-18-31-32(34(42)28-33(31)41)25-24-30(23-22-29-16-8-5-9-17-29)52-37(45)21-13-7-15-27-51-40(48)49/h3,5,8-10,16-17,24-25,30-34,41-42,46-47H,2,4,6-7,11-15,18-23,26-28H2,1H3/b10-3-,25-24+/t30-,31+,32+,33-,34+/m0/s1. The highest BCUT2D eigenvalue weighted by molar-refractivity contribution is 5.95. The smallest absolute Gasteiger partial charge is 0.306 e. The van der Waals surface area contributed by atoms with Gasteiger partial charge in [-0.1, -0.05) is 61.4 Å². The molecule has 1 aromatic carbocycles. The van der Waals surface area contributed by atoms with Gasteiger partial charge in [0.1, 0.15) is 6.10 Å². The van der Waals surface area contributed by atoms with Crippen molar-refractivity contribution in [3.8, 4) is 0 Å². The zero-order valence-corrected chi connectivity index (χ0v) is 30.2. The number of unbranched alkanes of at least 4 members (excludes halogenated alkanes) is 5. The third-order valence-corrected chi connectivity index (χ3v) is 9.03. The molecule has 1 aliphatic rings. The van der Waals surface area contributed by atoms with Crippen molar-refractivity contribution < 1.29 is 54.5 Å². The highest BCUT2D eigenvalue weighted by atomic mass is 17.1. The number of carbonyl (C=O) groups is 3. The molecule has 1 fully saturated rings. The number of imide groups is 1. The largest absolute Gasteiger partial charge is 0.458 e. The van der Waals surface area contributed by atoms with Crippen molar-refractivity contribution in [1.82, 2.24) is 10.3 Å². The molecule has 292 valence electrons. The van der Waals surface area contributed by atoms with E-state index < -0.39 is 23.4 Å². The van der Waals surface area contributed by atoms with Crippen LogP contribution in [0, 0.1) is 22.0 Å². The summed E-state index contributed by atoms with van der Waals surface area (Å²) in [6.45, 7) is 2.13. The van der Waals surface area contributed by atoms with Gasteiger partial charge in [-0.25, -0.2) is 0 Å². The second-order valence-electron chi connectivity index (χ2n) is 12.9. The van der Waals surface area contributed by atoms with Crippen molar-refractivity contribution in [3.05, 3.63) is 70.3 Å². The lowest BCUT2D eigenvalue weighted by molar-refractivity contribution is -0.757. The molecule has 0 saturated heterocycles. The average molecular weight is 736 g/mol. The molecule has 0 unspecified atom stereocenters. The summed E-state index contributed by atoms with van der Waals surface area (Å²) in [6.07, 6.45) is 12.5. The SMILES string of the molecule is CCN(C(=O)CCC/C=C\C[C@@H]1[C@@H](/C=C/[C@H](CCc2ccccc2)OC(=O)CCCCCO[N+](=O)[O-])[C@H](O)C[C@@H]1O)C(=O)CCCCCON(O)O. The molecule has 0 radical (unpaired) electrons. The van der Waals surface area contributed by atoms with Crippen molar-refractivity contribution in [2.75, 3.05) is 19.8 Å². The van der Waals surface area contributed by atoms with Crippen LogP contribution in [0.2, 0.25) is 0 Å². The molecule has 0 spiro atoms. The average Bonchev–Trinajstić information content (AvgIpc) is 3.38. The molecular formula is C37H57N3O12. The molecule has 0 aliphatic heterocycles. The number of allylic oxidation sites excluding steroid dienone is 2. The number of esters is 1. The number of nitrogens with zero attached hydrogens (tertiary/aromatic N) is 3. The molecule has 15 nitrogen and oxygen atoms in total. The molecule has 15 heteroatoms. The number of benzene rings is 1. The molecule has 2 amide bonds. The van der Waals surface area contributed by atoms with Gasteiger partial charge in [0, 0.05) is 38.1 Å². The summed E-state index contributed by atoms with van der Waals surface area (Å²) in [4.78, 5) is 58.2. The number of carbonyl (C=O) groups excluding carboxylic acids is 3. The number of rotatable bonds is 27. The Morgan fingerprint density at radius 2 is 1.60 bits per heavy atom. The molecule has 0 bridgehead atoms. The van der Waals surface area contributed by atoms with Crippen LogP contribution < -0.4 is 0 Å². The second-order valence-corrected chi connectivity index (χ2v) is 12.9. The maximum absolute atomic E-state index is 12.7. The van der Waals surface area contributed by atoms with Crippen molar-refractivity contribution in [3.63, 3.8) is 0 Å². The van der Waals surface area contributed by atoms with Gasteiger partial charge in [-0.05, 0) is 82.3 Å². The van der Waals surface area contributed by atoms with E-state index in [1.165, 1.54) is 4.90 Å². The molecule has 0 aromatic heterocycles. The molecule has 4 N–H and O–H groups in total. The van der Waals surface area contributed by atoms with Gasteiger partial charge in [-0.15, -0.1) is 10.1 Å². The van der Waals surface area contributed by atoms with Gasteiger partial charge in [-0.2, -0.15) is 0 Å². The molecule has 1 aromatic rings. The summed E-state index contributed by atoms with van der Waals surface area (Å²) in [5.41, 5.74) is 1.09. The first-order chi connectivity index (χ1) is 25.0. The van der Waals surface area contributed by atoms with Gasteiger partial charge < -0.3 is 19.8 Å². The van der Waals surface area contributed by atoms with E-state index in [0.29, 0.717) is 70.6 Å². The van der Waals surface area contributed by atoms with Gasteiger partial charge in [-0.3, -0.25) is 34.5 Å². The van der Waals surface area contributed by atoms with Crippen LogP contribution in [0.3, 0.4) is 0 Å². The maximum atomic E-state index is 12.7. The van der Waals surface area contributed by atoms with Gasteiger partial charge in [0.2, 0.25) is 11.8 Å². The predicted octanol–water partition coefficient (Wildman–Crippen LogP) is 5.28. The molecule has 1 aliphatic carbocycles. The molecule has 5 atom stereocenters. The monoisotopic (exact) mass is 735 g/mol. The Morgan fingerprint density at radius 1 is 0.923 bits per heavy atom. The van der Waals surface area contributed by atoms with Crippen LogP contribution in [-0.4, -0.2) is 91.9 Å². The molecule has 1 saturated carbocycles. The minimum absolute atomic E-state index is 0.0181. The minimum atomic E-state index is -0.837. The van der Waals surface area contributed by atoms with Gasteiger partial charge in [0.15, 0.2) is 0 Å². The van der Waals surface area contributed by atoms with Gasteiger partial charge in [0.05, 0.1) is 30.8 Å². The fourth-order valence-electron chi connectivity index (χ4n) is 6.23. The van der Waals surface area contributed by atoms with Crippen LogP contribution >= 0.6 is 0 Å². The van der Waals surface area contributed by atoms with Crippen molar-refractivity contribution in [1.29, 1.82) is 0 Å². The zero-order valence-electron chi connectivity index (χ0n) is 30.2. The Labute approximate surface area is 305 Å². The molecule has 2 rings (SSSR count). The number of amides is 2. The minimum Gasteiger partial charge on any atom is -0.458 e. The lowest BCUT2D eigenvalue weighted by atomic mass is 9.89. The highest BCUT2D eigenvalue weighted by Gasteiger charge is 2.39. The number of hydrogen-bond donors (Lipinski definition) is 4. The van der Waals surface area contributed by atoms with Crippen LogP contribution in [0.5, 0.6) is 0 Å². The number of hydrogen-bond acceptors (Lipinski definition) is 13. The summed E-state index contributed by atoms with van der Waals surface area (Å²) in [5, 5.41) is 47.7. The Balaban J connectivity index is 1.86. The first kappa shape index (κ1) is 44.4. The van der Waals surface area contributed by atoms with E-state index in [1.807, 2.05) is 48.6 Å². The van der Waals surface area contributed by atoms with E-state index >= 15 is 0 Å². The fraction of sp³-hybridized carbons (Fsp3) is 0.649. The Bertz CT molecular complexity index is 1250. The first-order valence-corrected chi connectivity index (χ1v) is 18.4. The van der Waals surface area contributed by atoms with Crippen molar-refractivity contribution in [2.24, 2.45) is 11.8 Å². The van der Waals surface area contributed by atoms with Crippen molar-refractivity contribution >= 4 is 17.8 Å². The fourth-order valence-corrected chi connectivity index (χ4v) is 6.23. The Hall–Kier alpha value is -3.73. The highest BCUT2D eigenvalue weighted by Crippen LogP contribution is 2.36. The third kappa shape index (κ3) is 18.7. The number of aryl methyl sites for hydroxylation is 1. The Kier molecular flexibility index (Phi) is 22.3. The van der Waals surface area contributed by atoms with E-state index in [4.69, 9.17) is 15.2 Å². The van der Waals surface area contributed by atoms with Crippen molar-refractivity contribution in [2.45, 2.75) is 122 Å². The number of aliphatic hydroxyl groups excluding tert-OH is 2. The van der Waals surface area contributed by atoms with Gasteiger partial charge >= 0.3 is 5.97 Å². The van der Waals surface area contributed by atoms with Gasteiger partial charge in [0.25, 0.3) is 5.09 Å². The summed E-state index contributed by atoms with van der Waals surface area (Å²) >= 11 is 0. The lowest BCUT2D eigenvalue weighted by Crippen LogP contribution is -2.36. The third-order valence-electron chi connectivity index (χ3n) is 9.03. The first-order valence-electron chi connectivity index (χ1n) is 18.4. The summed E-state index contributed by atoms with van der Waals surface area (Å²) < 4.78 is 5.80. The van der Waals surface area contributed by atoms with E-state index in [0.717, 1.165) is 5.56 Å². The number of ether oxygens (including phenoxy) is 1. The summed E-state index contributed by atoms with van der Waals surface area (Å²) in [6, 6.07) is 9.82. The maximum Gasteiger partial charge on any atom is 0.306 e. The van der Waals surface area contributed by atoms with E-state index in [1.54, 1.807) is 13.0 Å².